The minimum atomic E-state index is -0.701. The molecule has 5 heteroatoms. The summed E-state index contributed by atoms with van der Waals surface area (Å²) in [5.41, 5.74) is 1.44. The van der Waals surface area contributed by atoms with Crippen LogP contribution in [0.3, 0.4) is 0 Å². The van der Waals surface area contributed by atoms with Crippen LogP contribution in [0.5, 0.6) is 0 Å². The highest BCUT2D eigenvalue weighted by atomic mass is 32.2. The highest BCUT2D eigenvalue weighted by Gasteiger charge is 2.32. The molecule has 1 aromatic carbocycles. The summed E-state index contributed by atoms with van der Waals surface area (Å²) in [4.78, 5) is 12.1. The van der Waals surface area contributed by atoms with Gasteiger partial charge in [0.25, 0.3) is 0 Å². The predicted octanol–water partition coefficient (Wildman–Crippen LogP) is 3.19. The number of benzene rings is 1. The highest BCUT2D eigenvalue weighted by Crippen LogP contribution is 2.33. The topological polar surface area (TPSA) is 73.1 Å². The lowest BCUT2D eigenvalue weighted by Crippen LogP contribution is -2.24. The number of nitriles is 1. The zero-order valence-corrected chi connectivity index (χ0v) is 12.2. The van der Waals surface area contributed by atoms with E-state index in [1.807, 2.05) is 24.5 Å². The maximum atomic E-state index is 11.2. The number of carboxylic acids is 1. The Kier molecular flexibility index (Phi) is 4.91. The van der Waals surface area contributed by atoms with E-state index in [0.29, 0.717) is 12.1 Å². The number of nitrogens with zero attached hydrogens (tertiary/aromatic N) is 1. The molecule has 1 aliphatic carbocycles. The number of carboxylic acid groups (broad SMARTS) is 1. The number of anilines is 1. The van der Waals surface area contributed by atoms with Crippen LogP contribution in [0.4, 0.5) is 5.69 Å². The first-order valence-electron chi connectivity index (χ1n) is 6.71. The minimum Gasteiger partial charge on any atom is -0.481 e. The van der Waals surface area contributed by atoms with Crippen molar-refractivity contribution in [3.63, 3.8) is 0 Å². The van der Waals surface area contributed by atoms with Gasteiger partial charge in [-0.3, -0.25) is 4.79 Å². The van der Waals surface area contributed by atoms with Gasteiger partial charge in [0, 0.05) is 11.4 Å². The SMILES string of the molecule is CSc1cccc(NCC2CCCC2C(=O)O)c1C#N. The summed E-state index contributed by atoms with van der Waals surface area (Å²) in [5, 5.41) is 21.7. The molecule has 1 aliphatic rings. The van der Waals surface area contributed by atoms with Gasteiger partial charge >= 0.3 is 5.97 Å². The molecule has 1 fully saturated rings. The van der Waals surface area contributed by atoms with Crippen molar-refractivity contribution in [3.8, 4) is 6.07 Å². The smallest absolute Gasteiger partial charge is 0.306 e. The van der Waals surface area contributed by atoms with E-state index < -0.39 is 5.97 Å². The fourth-order valence-corrected chi connectivity index (χ4v) is 3.39. The fraction of sp³-hybridized carbons (Fsp3) is 0.467. The predicted molar refractivity (Wildman–Crippen MR) is 79.9 cm³/mol. The van der Waals surface area contributed by atoms with E-state index in [1.54, 1.807) is 11.8 Å². The van der Waals surface area contributed by atoms with E-state index >= 15 is 0 Å². The first kappa shape index (κ1) is 14.7. The normalized spacial score (nSPS) is 21.4. The van der Waals surface area contributed by atoms with Crippen molar-refractivity contribution < 1.29 is 9.90 Å². The van der Waals surface area contributed by atoms with Crippen molar-refractivity contribution >= 4 is 23.4 Å². The third kappa shape index (κ3) is 3.07. The molecule has 2 unspecified atom stereocenters. The summed E-state index contributed by atoms with van der Waals surface area (Å²) >= 11 is 1.54. The number of rotatable bonds is 5. The maximum Gasteiger partial charge on any atom is 0.306 e. The molecule has 1 aromatic rings. The summed E-state index contributed by atoms with van der Waals surface area (Å²) < 4.78 is 0. The Hall–Kier alpha value is -1.67. The average molecular weight is 290 g/mol. The van der Waals surface area contributed by atoms with Crippen molar-refractivity contribution in [1.82, 2.24) is 0 Å². The first-order chi connectivity index (χ1) is 9.67. The van der Waals surface area contributed by atoms with E-state index in [2.05, 4.69) is 11.4 Å². The second kappa shape index (κ2) is 6.67. The van der Waals surface area contributed by atoms with Gasteiger partial charge in [-0.1, -0.05) is 12.5 Å². The third-order valence-corrected chi connectivity index (χ3v) is 4.67. The molecule has 20 heavy (non-hydrogen) atoms. The van der Waals surface area contributed by atoms with Crippen molar-refractivity contribution in [2.75, 3.05) is 18.1 Å². The van der Waals surface area contributed by atoms with Gasteiger partial charge in [-0.15, -0.1) is 11.8 Å². The van der Waals surface area contributed by atoms with E-state index in [-0.39, 0.29) is 11.8 Å². The number of hydrogen-bond acceptors (Lipinski definition) is 4. The Morgan fingerprint density at radius 2 is 2.35 bits per heavy atom. The molecule has 2 rings (SSSR count). The molecule has 0 aliphatic heterocycles. The van der Waals surface area contributed by atoms with Gasteiger partial charge < -0.3 is 10.4 Å². The van der Waals surface area contributed by atoms with Crippen LogP contribution in [0.1, 0.15) is 24.8 Å². The van der Waals surface area contributed by atoms with E-state index in [9.17, 15) is 15.2 Å². The van der Waals surface area contributed by atoms with Gasteiger partial charge in [0.1, 0.15) is 6.07 Å². The molecule has 0 spiro atoms. The van der Waals surface area contributed by atoms with Gasteiger partial charge in [-0.2, -0.15) is 5.26 Å². The number of aliphatic carboxylic acids is 1. The van der Waals surface area contributed by atoms with Crippen LogP contribution in [0.25, 0.3) is 0 Å². The van der Waals surface area contributed by atoms with Crippen LogP contribution in [0, 0.1) is 23.2 Å². The number of hydrogen-bond donors (Lipinski definition) is 2. The number of nitrogens with one attached hydrogen (secondary N) is 1. The van der Waals surface area contributed by atoms with Crippen molar-refractivity contribution in [2.24, 2.45) is 11.8 Å². The van der Waals surface area contributed by atoms with Crippen LogP contribution in [0.2, 0.25) is 0 Å². The summed E-state index contributed by atoms with van der Waals surface area (Å²) in [6.07, 6.45) is 4.61. The summed E-state index contributed by atoms with van der Waals surface area (Å²) in [5.74, 6) is -0.804. The molecule has 0 saturated heterocycles. The second-order valence-corrected chi connectivity index (χ2v) is 5.86. The summed E-state index contributed by atoms with van der Waals surface area (Å²) in [7, 11) is 0. The molecule has 2 N–H and O–H groups in total. The molecule has 0 aromatic heterocycles. The van der Waals surface area contributed by atoms with Gasteiger partial charge in [-0.05, 0) is 37.1 Å². The van der Waals surface area contributed by atoms with E-state index in [4.69, 9.17) is 0 Å². The molecular formula is C15H18N2O2S. The van der Waals surface area contributed by atoms with Crippen LogP contribution in [-0.4, -0.2) is 23.9 Å². The number of thioether (sulfide) groups is 1. The van der Waals surface area contributed by atoms with Gasteiger partial charge in [-0.25, -0.2) is 0 Å². The Morgan fingerprint density at radius 1 is 1.55 bits per heavy atom. The van der Waals surface area contributed by atoms with Crippen LogP contribution >= 0.6 is 11.8 Å². The maximum absolute atomic E-state index is 11.2. The Bertz CT molecular complexity index is 539. The molecular weight excluding hydrogens is 272 g/mol. The van der Waals surface area contributed by atoms with Gasteiger partial charge in [0.15, 0.2) is 0 Å². The van der Waals surface area contributed by atoms with E-state index in [1.165, 1.54) is 0 Å². The summed E-state index contributed by atoms with van der Waals surface area (Å²) in [6.45, 7) is 0.615. The largest absolute Gasteiger partial charge is 0.481 e. The van der Waals surface area contributed by atoms with Crippen LogP contribution < -0.4 is 5.32 Å². The van der Waals surface area contributed by atoms with Crippen molar-refractivity contribution in [2.45, 2.75) is 24.2 Å². The third-order valence-electron chi connectivity index (χ3n) is 3.89. The summed E-state index contributed by atoms with van der Waals surface area (Å²) in [6, 6.07) is 7.94. The van der Waals surface area contributed by atoms with Crippen molar-refractivity contribution in [1.29, 1.82) is 5.26 Å². The van der Waals surface area contributed by atoms with Crippen molar-refractivity contribution in [3.05, 3.63) is 23.8 Å². The molecule has 1 saturated carbocycles. The fourth-order valence-electron chi connectivity index (χ4n) is 2.81. The lowest BCUT2D eigenvalue weighted by atomic mass is 9.96. The average Bonchev–Trinajstić information content (AvgIpc) is 2.93. The molecule has 106 valence electrons. The van der Waals surface area contributed by atoms with Crippen LogP contribution in [-0.2, 0) is 4.79 Å². The van der Waals surface area contributed by atoms with Crippen LogP contribution in [0.15, 0.2) is 23.1 Å². The quantitative estimate of drug-likeness (QED) is 0.815. The zero-order valence-electron chi connectivity index (χ0n) is 11.4. The molecule has 4 nitrogen and oxygen atoms in total. The standard InChI is InChI=1S/C15H18N2O2S/c1-20-14-7-3-6-13(12(14)8-16)17-9-10-4-2-5-11(10)15(18)19/h3,6-7,10-11,17H,2,4-5,9H2,1H3,(H,18,19). The van der Waals surface area contributed by atoms with Gasteiger partial charge in [0.05, 0.1) is 17.2 Å². The monoisotopic (exact) mass is 290 g/mol. The lowest BCUT2D eigenvalue weighted by Gasteiger charge is -2.18. The molecule has 0 radical (unpaired) electrons. The Balaban J connectivity index is 2.08. The number of carbonyl (C=O) groups is 1. The first-order valence-corrected chi connectivity index (χ1v) is 7.93. The minimum absolute atomic E-state index is 0.150. The Morgan fingerprint density at radius 3 is 3.00 bits per heavy atom. The molecule has 2 atom stereocenters. The molecule has 0 bridgehead atoms. The second-order valence-electron chi connectivity index (χ2n) is 5.01. The Labute approximate surface area is 123 Å². The lowest BCUT2D eigenvalue weighted by molar-refractivity contribution is -0.142. The van der Waals surface area contributed by atoms with E-state index in [0.717, 1.165) is 29.8 Å². The molecule has 0 amide bonds. The highest BCUT2D eigenvalue weighted by molar-refractivity contribution is 7.98. The zero-order chi connectivity index (χ0) is 14.5. The molecule has 0 heterocycles. The van der Waals surface area contributed by atoms with Gasteiger partial charge in [0.2, 0.25) is 0 Å².